The number of halogens is 2. The molecule has 23 heavy (non-hydrogen) atoms. The Kier molecular flexibility index (Phi) is 4.08. The van der Waals surface area contributed by atoms with E-state index in [2.05, 4.69) is 10.4 Å². The van der Waals surface area contributed by atoms with Gasteiger partial charge in [0.2, 0.25) is 5.91 Å². The van der Waals surface area contributed by atoms with Crippen molar-refractivity contribution in [2.45, 2.75) is 19.5 Å². The van der Waals surface area contributed by atoms with Crippen LogP contribution >= 0.6 is 23.2 Å². The third-order valence-corrected chi connectivity index (χ3v) is 4.77. The van der Waals surface area contributed by atoms with Crippen LogP contribution in [-0.2, 0) is 11.3 Å². The number of benzene rings is 1. The molecule has 1 aromatic carbocycles. The van der Waals surface area contributed by atoms with E-state index in [1.54, 1.807) is 11.0 Å². The second-order valence-electron chi connectivity index (χ2n) is 5.29. The summed E-state index contributed by atoms with van der Waals surface area (Å²) in [6, 6.07) is 3.30. The molecule has 0 spiro atoms. The summed E-state index contributed by atoms with van der Waals surface area (Å²) in [4.78, 5) is 24.4. The molecule has 1 atom stereocenters. The van der Waals surface area contributed by atoms with E-state index >= 15 is 0 Å². The SMILES string of the molecule is CC1c2c3ccc(Cl)c(Cl)c3nn2CCN1C(=O)CNC(=O)O. The zero-order valence-electron chi connectivity index (χ0n) is 12.2. The molecular formula is C14H14Cl2N4O3. The van der Waals surface area contributed by atoms with Gasteiger partial charge in [0.1, 0.15) is 12.1 Å². The van der Waals surface area contributed by atoms with Gasteiger partial charge in [-0.3, -0.25) is 9.48 Å². The van der Waals surface area contributed by atoms with Gasteiger partial charge in [-0.1, -0.05) is 23.2 Å². The summed E-state index contributed by atoms with van der Waals surface area (Å²) in [5.74, 6) is -0.277. The molecule has 2 N–H and O–H groups in total. The minimum Gasteiger partial charge on any atom is -0.465 e. The molecule has 2 heterocycles. The van der Waals surface area contributed by atoms with Crippen LogP contribution in [0.1, 0.15) is 18.7 Å². The Bertz CT molecular complexity index is 805. The zero-order valence-corrected chi connectivity index (χ0v) is 13.7. The van der Waals surface area contributed by atoms with Crippen LogP contribution in [0.2, 0.25) is 10.0 Å². The predicted octanol–water partition coefficient (Wildman–Crippen LogP) is 2.51. The third kappa shape index (κ3) is 2.70. The van der Waals surface area contributed by atoms with Gasteiger partial charge in [-0.05, 0) is 19.1 Å². The Balaban J connectivity index is 1.96. The van der Waals surface area contributed by atoms with Crippen LogP contribution in [0.3, 0.4) is 0 Å². The van der Waals surface area contributed by atoms with Gasteiger partial charge in [-0.15, -0.1) is 0 Å². The van der Waals surface area contributed by atoms with E-state index < -0.39 is 6.09 Å². The van der Waals surface area contributed by atoms with Gasteiger partial charge in [0.05, 0.1) is 28.3 Å². The maximum absolute atomic E-state index is 12.2. The van der Waals surface area contributed by atoms with E-state index in [0.29, 0.717) is 28.7 Å². The molecule has 0 bridgehead atoms. The van der Waals surface area contributed by atoms with Crippen LogP contribution in [0.15, 0.2) is 12.1 Å². The van der Waals surface area contributed by atoms with E-state index in [1.807, 2.05) is 17.7 Å². The molecule has 7 nitrogen and oxygen atoms in total. The highest BCUT2D eigenvalue weighted by atomic mass is 35.5. The first-order chi connectivity index (χ1) is 10.9. The average Bonchev–Trinajstić information content (AvgIpc) is 2.89. The van der Waals surface area contributed by atoms with Crippen molar-refractivity contribution in [3.63, 3.8) is 0 Å². The number of nitrogens with one attached hydrogen (secondary N) is 1. The lowest BCUT2D eigenvalue weighted by Gasteiger charge is -2.34. The molecular weight excluding hydrogens is 343 g/mol. The first-order valence-corrected chi connectivity index (χ1v) is 7.76. The van der Waals surface area contributed by atoms with Crippen LogP contribution in [0.25, 0.3) is 10.9 Å². The molecule has 0 saturated carbocycles. The van der Waals surface area contributed by atoms with Gasteiger partial charge < -0.3 is 15.3 Å². The summed E-state index contributed by atoms with van der Waals surface area (Å²) in [5, 5.41) is 16.9. The molecule has 1 unspecified atom stereocenters. The highest BCUT2D eigenvalue weighted by Crippen LogP contribution is 2.36. The van der Waals surface area contributed by atoms with E-state index in [-0.39, 0.29) is 18.5 Å². The summed E-state index contributed by atoms with van der Waals surface area (Å²) in [5.41, 5.74) is 1.48. The minimum atomic E-state index is -1.22. The second kappa shape index (κ2) is 5.90. The van der Waals surface area contributed by atoms with E-state index in [1.165, 1.54) is 0 Å². The van der Waals surface area contributed by atoms with Crippen molar-refractivity contribution in [2.75, 3.05) is 13.1 Å². The smallest absolute Gasteiger partial charge is 0.405 e. The fourth-order valence-corrected chi connectivity index (χ4v) is 3.26. The highest BCUT2D eigenvalue weighted by molar-refractivity contribution is 6.45. The average molecular weight is 357 g/mol. The number of fused-ring (bicyclic) bond motifs is 3. The Morgan fingerprint density at radius 2 is 2.13 bits per heavy atom. The molecule has 9 heteroatoms. The van der Waals surface area contributed by atoms with Crippen molar-refractivity contribution in [1.29, 1.82) is 0 Å². The number of carboxylic acid groups (broad SMARTS) is 1. The molecule has 1 aliphatic rings. The molecule has 0 fully saturated rings. The number of rotatable bonds is 2. The van der Waals surface area contributed by atoms with Crippen molar-refractivity contribution in [2.24, 2.45) is 0 Å². The van der Waals surface area contributed by atoms with E-state index in [9.17, 15) is 9.59 Å². The Morgan fingerprint density at radius 3 is 2.83 bits per heavy atom. The number of carbonyl (C=O) groups excluding carboxylic acids is 1. The molecule has 1 aromatic heterocycles. The number of hydrogen-bond acceptors (Lipinski definition) is 3. The van der Waals surface area contributed by atoms with Crippen LogP contribution in [0.5, 0.6) is 0 Å². The molecule has 0 aliphatic carbocycles. The van der Waals surface area contributed by atoms with E-state index in [4.69, 9.17) is 28.3 Å². The first kappa shape index (κ1) is 15.9. The molecule has 122 valence electrons. The maximum atomic E-state index is 12.2. The van der Waals surface area contributed by atoms with Crippen molar-refractivity contribution in [1.82, 2.24) is 20.0 Å². The Hall–Kier alpha value is -1.99. The summed E-state index contributed by atoms with van der Waals surface area (Å²) in [6.07, 6.45) is -1.22. The van der Waals surface area contributed by atoms with Crippen molar-refractivity contribution >= 4 is 46.1 Å². The van der Waals surface area contributed by atoms with Crippen LogP contribution in [-0.4, -0.2) is 44.9 Å². The van der Waals surface area contributed by atoms with Crippen molar-refractivity contribution in [3.05, 3.63) is 27.9 Å². The van der Waals surface area contributed by atoms with Gasteiger partial charge in [0.15, 0.2) is 0 Å². The lowest BCUT2D eigenvalue weighted by atomic mass is 10.1. The monoisotopic (exact) mass is 356 g/mol. The van der Waals surface area contributed by atoms with Gasteiger partial charge in [0.25, 0.3) is 0 Å². The summed E-state index contributed by atoms with van der Waals surface area (Å²) in [7, 11) is 0. The highest BCUT2D eigenvalue weighted by Gasteiger charge is 2.31. The largest absolute Gasteiger partial charge is 0.465 e. The topological polar surface area (TPSA) is 87.5 Å². The third-order valence-electron chi connectivity index (χ3n) is 3.97. The van der Waals surface area contributed by atoms with Crippen molar-refractivity contribution < 1.29 is 14.7 Å². The zero-order chi connectivity index (χ0) is 16.7. The van der Waals surface area contributed by atoms with Crippen LogP contribution in [0.4, 0.5) is 4.79 Å². The van der Waals surface area contributed by atoms with Gasteiger partial charge in [0, 0.05) is 11.9 Å². The maximum Gasteiger partial charge on any atom is 0.405 e. The fraction of sp³-hybridized carbons (Fsp3) is 0.357. The molecule has 1 aliphatic heterocycles. The molecule has 3 rings (SSSR count). The molecule has 2 amide bonds. The predicted molar refractivity (Wildman–Crippen MR) is 85.9 cm³/mol. The lowest BCUT2D eigenvalue weighted by molar-refractivity contribution is -0.133. The number of hydrogen-bond donors (Lipinski definition) is 2. The Morgan fingerprint density at radius 1 is 1.39 bits per heavy atom. The molecule has 0 radical (unpaired) electrons. The lowest BCUT2D eigenvalue weighted by Crippen LogP contribution is -2.45. The number of aromatic nitrogens is 2. The number of carbonyl (C=O) groups is 2. The van der Waals surface area contributed by atoms with Gasteiger partial charge >= 0.3 is 6.09 Å². The van der Waals surface area contributed by atoms with E-state index in [0.717, 1.165) is 11.1 Å². The Labute approximate surface area is 141 Å². The first-order valence-electron chi connectivity index (χ1n) is 7.01. The quantitative estimate of drug-likeness (QED) is 0.865. The molecule has 0 saturated heterocycles. The van der Waals surface area contributed by atoms with Gasteiger partial charge in [-0.25, -0.2) is 4.79 Å². The summed E-state index contributed by atoms with van der Waals surface area (Å²) in [6.45, 7) is 2.60. The van der Waals surface area contributed by atoms with Crippen molar-refractivity contribution in [3.8, 4) is 0 Å². The van der Waals surface area contributed by atoms with Crippen LogP contribution < -0.4 is 5.32 Å². The summed E-state index contributed by atoms with van der Waals surface area (Å²) < 4.78 is 1.83. The minimum absolute atomic E-state index is 0.242. The summed E-state index contributed by atoms with van der Waals surface area (Å²) >= 11 is 12.2. The van der Waals surface area contributed by atoms with Gasteiger partial charge in [-0.2, -0.15) is 5.10 Å². The van der Waals surface area contributed by atoms with Crippen LogP contribution in [0, 0.1) is 0 Å². The normalized spacial score (nSPS) is 17.2. The molecule has 2 aromatic rings. The number of amides is 2. The fourth-order valence-electron chi connectivity index (χ4n) is 2.91. The standard InChI is InChI=1S/C14H14Cl2N4O3/c1-7-13-8-2-3-9(15)11(16)12(8)18-20(13)5-4-19(7)10(21)6-17-14(22)23/h2-3,7,17H,4-6H2,1H3,(H,22,23). The number of nitrogens with zero attached hydrogens (tertiary/aromatic N) is 3. The second-order valence-corrected chi connectivity index (χ2v) is 6.07.